The molecule has 1 heterocycles. The summed E-state index contributed by atoms with van der Waals surface area (Å²) >= 11 is 0. The Morgan fingerprint density at radius 1 is 1.48 bits per heavy atom. The minimum atomic E-state index is -0.445. The average molecular weight is 321 g/mol. The van der Waals surface area contributed by atoms with Gasteiger partial charge in [-0.1, -0.05) is 0 Å². The van der Waals surface area contributed by atoms with Crippen molar-refractivity contribution in [1.82, 2.24) is 4.90 Å². The van der Waals surface area contributed by atoms with Crippen molar-refractivity contribution < 1.29 is 14.5 Å². The van der Waals surface area contributed by atoms with E-state index in [1.807, 2.05) is 6.92 Å². The van der Waals surface area contributed by atoms with E-state index in [1.54, 1.807) is 13.0 Å². The van der Waals surface area contributed by atoms with Crippen molar-refractivity contribution in [2.24, 2.45) is 0 Å². The number of carbonyl (C=O) groups is 1. The van der Waals surface area contributed by atoms with Crippen molar-refractivity contribution in [2.45, 2.75) is 39.3 Å². The van der Waals surface area contributed by atoms with E-state index >= 15 is 0 Å². The summed E-state index contributed by atoms with van der Waals surface area (Å²) in [5.74, 6) is -0.0895. The Morgan fingerprint density at radius 2 is 2.22 bits per heavy atom. The number of carbonyl (C=O) groups excluding carboxylic acids is 1. The third-order valence-electron chi connectivity index (χ3n) is 4.06. The van der Waals surface area contributed by atoms with Crippen LogP contribution in [0.15, 0.2) is 18.2 Å². The van der Waals surface area contributed by atoms with Gasteiger partial charge < -0.3 is 10.1 Å². The van der Waals surface area contributed by atoms with Crippen LogP contribution in [0.3, 0.4) is 0 Å². The first-order chi connectivity index (χ1) is 10.9. The second-order valence-corrected chi connectivity index (χ2v) is 6.04. The summed E-state index contributed by atoms with van der Waals surface area (Å²) in [4.78, 5) is 24.6. The van der Waals surface area contributed by atoms with E-state index in [4.69, 9.17) is 4.74 Å². The largest absolute Gasteiger partial charge is 0.376 e. The normalized spacial score (nSPS) is 21.9. The van der Waals surface area contributed by atoms with Crippen LogP contribution in [0, 0.1) is 17.0 Å². The lowest BCUT2D eigenvalue weighted by atomic mass is 10.1. The van der Waals surface area contributed by atoms with Crippen LogP contribution in [0.25, 0.3) is 0 Å². The molecular weight excluding hydrogens is 298 g/mol. The van der Waals surface area contributed by atoms with Crippen LogP contribution in [0.4, 0.5) is 11.4 Å². The third-order valence-corrected chi connectivity index (χ3v) is 4.06. The van der Waals surface area contributed by atoms with E-state index in [0.717, 1.165) is 6.54 Å². The van der Waals surface area contributed by atoms with Gasteiger partial charge in [-0.3, -0.25) is 19.8 Å². The second kappa shape index (κ2) is 7.52. The van der Waals surface area contributed by atoms with E-state index in [2.05, 4.69) is 17.1 Å². The number of aryl methyl sites for hydroxylation is 1. The Hall–Kier alpha value is -1.99. The van der Waals surface area contributed by atoms with Crippen LogP contribution < -0.4 is 5.32 Å². The highest BCUT2D eigenvalue weighted by atomic mass is 16.6. The number of anilines is 1. The monoisotopic (exact) mass is 321 g/mol. The van der Waals surface area contributed by atoms with Gasteiger partial charge in [0.15, 0.2) is 0 Å². The Morgan fingerprint density at radius 3 is 2.87 bits per heavy atom. The van der Waals surface area contributed by atoms with Crippen LogP contribution in [0.2, 0.25) is 0 Å². The van der Waals surface area contributed by atoms with E-state index in [9.17, 15) is 14.9 Å². The number of amides is 1. The van der Waals surface area contributed by atoms with Gasteiger partial charge in [0.05, 0.1) is 17.6 Å². The molecule has 0 aromatic heterocycles. The van der Waals surface area contributed by atoms with Crippen LogP contribution in [-0.4, -0.2) is 47.6 Å². The number of nitrogens with one attached hydrogen (secondary N) is 1. The zero-order chi connectivity index (χ0) is 17.0. The number of nitro groups is 1. The summed E-state index contributed by atoms with van der Waals surface area (Å²) in [6.07, 6.45) is 0.569. The molecule has 1 aliphatic heterocycles. The highest BCUT2D eigenvalue weighted by Gasteiger charge is 2.23. The number of nitrogens with zero attached hydrogens (tertiary/aromatic N) is 2. The highest BCUT2D eigenvalue weighted by molar-refractivity contribution is 5.91. The Labute approximate surface area is 135 Å². The molecule has 1 N–H and O–H groups in total. The smallest absolute Gasteiger partial charge is 0.269 e. The molecule has 1 saturated heterocycles. The number of benzene rings is 1. The van der Waals surface area contributed by atoms with Crippen LogP contribution in [0.1, 0.15) is 25.8 Å². The molecule has 0 unspecified atom stereocenters. The molecule has 2 atom stereocenters. The molecule has 23 heavy (non-hydrogen) atoms. The maximum atomic E-state index is 12.1. The lowest BCUT2D eigenvalue weighted by Gasteiger charge is -2.36. The number of rotatable bonds is 5. The summed E-state index contributed by atoms with van der Waals surface area (Å²) in [5.41, 5.74) is 1.32. The maximum absolute atomic E-state index is 12.1. The van der Waals surface area contributed by atoms with Crippen molar-refractivity contribution in [3.05, 3.63) is 33.9 Å². The van der Waals surface area contributed by atoms with Gasteiger partial charge >= 0.3 is 0 Å². The number of hydrogen-bond acceptors (Lipinski definition) is 5. The summed E-state index contributed by atoms with van der Waals surface area (Å²) in [7, 11) is 0. The van der Waals surface area contributed by atoms with Crippen molar-refractivity contribution in [2.75, 3.05) is 25.0 Å². The standard InChI is InChI=1S/C16H23N3O4/c1-11-8-14(19(21)22)4-5-15(11)17-16(20)6-7-18-9-13(3)23-10-12(18)2/h4-5,8,12-13H,6-7,9-10H2,1-3H3,(H,17,20)/t12-,13-/m0/s1. The summed E-state index contributed by atoms with van der Waals surface area (Å²) in [6.45, 7) is 8.04. The fraction of sp³-hybridized carbons (Fsp3) is 0.562. The van der Waals surface area contributed by atoms with Crippen LogP contribution in [-0.2, 0) is 9.53 Å². The van der Waals surface area contributed by atoms with Crippen molar-refractivity contribution in [1.29, 1.82) is 0 Å². The first-order valence-electron chi connectivity index (χ1n) is 7.77. The lowest BCUT2D eigenvalue weighted by molar-refractivity contribution is -0.384. The average Bonchev–Trinajstić information content (AvgIpc) is 2.50. The molecular formula is C16H23N3O4. The molecule has 0 bridgehead atoms. The topological polar surface area (TPSA) is 84.7 Å². The third kappa shape index (κ3) is 4.74. The quantitative estimate of drug-likeness (QED) is 0.664. The molecule has 2 rings (SSSR count). The summed E-state index contributed by atoms with van der Waals surface area (Å²) < 4.78 is 5.57. The molecule has 0 saturated carbocycles. The Kier molecular flexibility index (Phi) is 5.68. The van der Waals surface area contributed by atoms with Crippen LogP contribution >= 0.6 is 0 Å². The molecule has 126 valence electrons. The molecule has 1 fully saturated rings. The first kappa shape index (κ1) is 17.4. The number of nitro benzene ring substituents is 1. The highest BCUT2D eigenvalue weighted by Crippen LogP contribution is 2.21. The van der Waals surface area contributed by atoms with Gasteiger partial charge in [0.1, 0.15) is 0 Å². The van der Waals surface area contributed by atoms with Crippen LogP contribution in [0.5, 0.6) is 0 Å². The predicted molar refractivity (Wildman–Crippen MR) is 87.5 cm³/mol. The molecule has 7 heteroatoms. The van der Waals surface area contributed by atoms with Gasteiger partial charge in [0, 0.05) is 43.4 Å². The zero-order valence-electron chi connectivity index (χ0n) is 13.7. The van der Waals surface area contributed by atoms with Crippen molar-refractivity contribution in [3.8, 4) is 0 Å². The molecule has 0 aliphatic carbocycles. The molecule has 1 aromatic rings. The second-order valence-electron chi connectivity index (χ2n) is 6.04. The predicted octanol–water partition coefficient (Wildman–Crippen LogP) is 2.34. The van der Waals surface area contributed by atoms with Gasteiger partial charge in [0.25, 0.3) is 5.69 Å². The van der Waals surface area contributed by atoms with Gasteiger partial charge in [-0.05, 0) is 32.4 Å². The number of morpholine rings is 1. The molecule has 0 radical (unpaired) electrons. The number of ether oxygens (including phenoxy) is 1. The molecule has 7 nitrogen and oxygen atoms in total. The molecule has 1 aliphatic rings. The van der Waals surface area contributed by atoms with Gasteiger partial charge in [-0.25, -0.2) is 0 Å². The Balaban J connectivity index is 1.88. The summed E-state index contributed by atoms with van der Waals surface area (Å²) in [6, 6.07) is 4.74. The van der Waals surface area contributed by atoms with Gasteiger partial charge in [-0.15, -0.1) is 0 Å². The van der Waals surface area contributed by atoms with Gasteiger partial charge in [0.2, 0.25) is 5.91 Å². The van der Waals surface area contributed by atoms with Crippen molar-refractivity contribution >= 4 is 17.3 Å². The minimum absolute atomic E-state index is 0.0247. The number of hydrogen-bond donors (Lipinski definition) is 1. The van der Waals surface area contributed by atoms with Crippen molar-refractivity contribution in [3.63, 3.8) is 0 Å². The van der Waals surface area contributed by atoms with E-state index < -0.39 is 4.92 Å². The lowest BCUT2D eigenvalue weighted by Crippen LogP contribution is -2.48. The molecule has 1 amide bonds. The zero-order valence-corrected chi connectivity index (χ0v) is 13.7. The minimum Gasteiger partial charge on any atom is -0.376 e. The maximum Gasteiger partial charge on any atom is 0.269 e. The van der Waals surface area contributed by atoms with Gasteiger partial charge in [-0.2, -0.15) is 0 Å². The first-order valence-corrected chi connectivity index (χ1v) is 7.77. The Bertz CT molecular complexity index is 591. The number of non-ortho nitro benzene ring substituents is 1. The van der Waals surface area contributed by atoms with E-state index in [-0.39, 0.29) is 17.7 Å². The SMILES string of the molecule is Cc1cc([N+](=O)[O-])ccc1NC(=O)CCN1C[C@H](C)OC[C@@H]1C. The molecule has 0 spiro atoms. The van der Waals surface area contributed by atoms with E-state index in [1.165, 1.54) is 12.1 Å². The fourth-order valence-corrected chi connectivity index (χ4v) is 2.64. The summed E-state index contributed by atoms with van der Waals surface area (Å²) in [5, 5.41) is 13.5. The van der Waals surface area contributed by atoms with E-state index in [0.29, 0.717) is 36.9 Å². The fourth-order valence-electron chi connectivity index (χ4n) is 2.64. The molecule has 1 aromatic carbocycles.